The van der Waals surface area contributed by atoms with Gasteiger partial charge in [0, 0.05) is 32.9 Å². The first-order valence-corrected chi connectivity index (χ1v) is 10.4. The summed E-state index contributed by atoms with van der Waals surface area (Å²) in [6.45, 7) is 0. The third kappa shape index (κ3) is 4.19. The van der Waals surface area contributed by atoms with Crippen LogP contribution >= 0.6 is 31.9 Å². The quantitative estimate of drug-likeness (QED) is 0.329. The number of alkyl halides is 2. The molecule has 2 nitrogen and oxygen atoms in total. The van der Waals surface area contributed by atoms with E-state index in [1.807, 2.05) is 48.5 Å². The third-order valence-corrected chi connectivity index (χ3v) is 5.42. The predicted octanol–water partition coefficient (Wildman–Crippen LogP) is 5.94. The highest BCUT2D eigenvalue weighted by Gasteiger charge is 2.14. The Labute approximate surface area is 169 Å². The van der Waals surface area contributed by atoms with Crippen molar-refractivity contribution in [2.75, 3.05) is 0 Å². The first-order valence-electron chi connectivity index (χ1n) is 8.11. The second kappa shape index (κ2) is 8.56. The van der Waals surface area contributed by atoms with Crippen molar-refractivity contribution in [2.24, 2.45) is 0 Å². The zero-order valence-corrected chi connectivity index (χ0v) is 17.1. The lowest BCUT2D eigenvalue weighted by Crippen LogP contribution is -2.06. The second-order valence-corrected chi connectivity index (χ2v) is 7.02. The van der Waals surface area contributed by atoms with Crippen LogP contribution < -0.4 is 0 Å². The number of hydrogen-bond acceptors (Lipinski definition) is 2. The fourth-order valence-electron chi connectivity index (χ4n) is 2.63. The summed E-state index contributed by atoms with van der Waals surface area (Å²) in [5.74, 6) is -0.175. The summed E-state index contributed by atoms with van der Waals surface area (Å²) in [6, 6.07) is 21.8. The fraction of sp³-hybridized carbons (Fsp3) is 0.0909. The topological polar surface area (TPSA) is 34.1 Å². The molecular weight excluding hydrogens is 456 g/mol. The van der Waals surface area contributed by atoms with Crippen LogP contribution in [0.15, 0.2) is 72.8 Å². The summed E-state index contributed by atoms with van der Waals surface area (Å²) in [4.78, 5) is 25.4. The van der Waals surface area contributed by atoms with Crippen LogP contribution in [0, 0.1) is 0 Å². The molecule has 0 amide bonds. The highest BCUT2D eigenvalue weighted by molar-refractivity contribution is 9.08. The first kappa shape index (κ1) is 18.7. The lowest BCUT2D eigenvalue weighted by Gasteiger charge is -2.06. The lowest BCUT2D eigenvalue weighted by atomic mass is 9.97. The Morgan fingerprint density at radius 2 is 0.962 bits per heavy atom. The van der Waals surface area contributed by atoms with Gasteiger partial charge in [0.1, 0.15) is 0 Å². The average Bonchev–Trinajstić information content (AvgIpc) is 2.73. The van der Waals surface area contributed by atoms with Crippen molar-refractivity contribution in [3.63, 3.8) is 0 Å². The molecule has 0 aliphatic heterocycles. The molecular formula is C22H16Br2O2. The van der Waals surface area contributed by atoms with Crippen LogP contribution in [-0.2, 0) is 10.7 Å². The van der Waals surface area contributed by atoms with E-state index in [9.17, 15) is 9.59 Å². The van der Waals surface area contributed by atoms with E-state index in [-0.39, 0.29) is 11.6 Å². The van der Waals surface area contributed by atoms with Gasteiger partial charge in [-0.05, 0) is 17.2 Å². The molecule has 0 bridgehead atoms. The Kier molecular flexibility index (Phi) is 6.17. The fourth-order valence-corrected chi connectivity index (χ4v) is 3.37. The summed E-state index contributed by atoms with van der Waals surface area (Å²) >= 11 is 6.79. The number of ketones is 2. The minimum absolute atomic E-state index is 0.0876. The SMILES string of the molecule is O=C(c1ccc(CBr)cc1)c1cccc(C(=O)c2ccc(CBr)cc2)c1. The zero-order chi connectivity index (χ0) is 18.5. The Hall–Kier alpha value is -2.04. The van der Waals surface area contributed by atoms with Gasteiger partial charge in [0.15, 0.2) is 11.6 Å². The van der Waals surface area contributed by atoms with E-state index in [2.05, 4.69) is 31.9 Å². The highest BCUT2D eigenvalue weighted by atomic mass is 79.9. The Morgan fingerprint density at radius 3 is 1.31 bits per heavy atom. The van der Waals surface area contributed by atoms with E-state index >= 15 is 0 Å². The summed E-state index contributed by atoms with van der Waals surface area (Å²) < 4.78 is 0. The molecule has 26 heavy (non-hydrogen) atoms. The van der Waals surface area contributed by atoms with E-state index in [1.54, 1.807) is 24.3 Å². The largest absolute Gasteiger partial charge is 0.289 e. The van der Waals surface area contributed by atoms with Gasteiger partial charge in [-0.3, -0.25) is 9.59 Å². The molecule has 3 aromatic carbocycles. The first-order chi connectivity index (χ1) is 12.6. The lowest BCUT2D eigenvalue weighted by molar-refractivity contribution is 0.103. The number of halogens is 2. The monoisotopic (exact) mass is 470 g/mol. The number of rotatable bonds is 6. The number of hydrogen-bond donors (Lipinski definition) is 0. The van der Waals surface area contributed by atoms with Gasteiger partial charge in [0.05, 0.1) is 0 Å². The van der Waals surface area contributed by atoms with Crippen LogP contribution in [0.2, 0.25) is 0 Å². The summed E-state index contributed by atoms with van der Waals surface area (Å²) in [6.07, 6.45) is 0. The highest BCUT2D eigenvalue weighted by Crippen LogP contribution is 2.17. The molecule has 0 atom stereocenters. The number of carbonyl (C=O) groups excluding carboxylic acids is 2. The summed E-state index contributed by atoms with van der Waals surface area (Å²) in [7, 11) is 0. The molecule has 0 aliphatic carbocycles. The Morgan fingerprint density at radius 1 is 0.577 bits per heavy atom. The summed E-state index contributed by atoms with van der Waals surface area (Å²) in [5.41, 5.74) is 4.47. The third-order valence-electron chi connectivity index (χ3n) is 4.13. The van der Waals surface area contributed by atoms with Crippen molar-refractivity contribution in [2.45, 2.75) is 10.7 Å². The maximum absolute atomic E-state index is 12.7. The molecule has 130 valence electrons. The smallest absolute Gasteiger partial charge is 0.193 e. The minimum Gasteiger partial charge on any atom is -0.289 e. The molecule has 0 unspecified atom stereocenters. The molecule has 0 aliphatic rings. The molecule has 0 saturated heterocycles. The van der Waals surface area contributed by atoms with Gasteiger partial charge in [0.2, 0.25) is 0 Å². The molecule has 0 spiro atoms. The van der Waals surface area contributed by atoms with Crippen molar-refractivity contribution in [3.8, 4) is 0 Å². The van der Waals surface area contributed by atoms with Gasteiger partial charge in [-0.2, -0.15) is 0 Å². The Bertz CT molecular complexity index is 854. The molecule has 4 heteroatoms. The second-order valence-electron chi connectivity index (χ2n) is 5.90. The average molecular weight is 472 g/mol. The minimum atomic E-state index is -0.0876. The van der Waals surface area contributed by atoms with Crippen LogP contribution in [0.3, 0.4) is 0 Å². The van der Waals surface area contributed by atoms with Crippen LogP contribution in [-0.4, -0.2) is 11.6 Å². The predicted molar refractivity (Wildman–Crippen MR) is 111 cm³/mol. The molecule has 3 rings (SSSR count). The molecule has 0 N–H and O–H groups in total. The number of carbonyl (C=O) groups is 2. The molecule has 0 fully saturated rings. The van der Waals surface area contributed by atoms with Crippen LogP contribution in [0.1, 0.15) is 43.0 Å². The molecule has 3 aromatic rings. The normalized spacial score (nSPS) is 10.5. The van der Waals surface area contributed by atoms with Crippen LogP contribution in [0.5, 0.6) is 0 Å². The maximum atomic E-state index is 12.7. The van der Waals surface area contributed by atoms with Crippen LogP contribution in [0.25, 0.3) is 0 Å². The van der Waals surface area contributed by atoms with Crippen molar-refractivity contribution < 1.29 is 9.59 Å². The maximum Gasteiger partial charge on any atom is 0.193 e. The van der Waals surface area contributed by atoms with Gasteiger partial charge in [-0.25, -0.2) is 0 Å². The van der Waals surface area contributed by atoms with E-state index in [0.717, 1.165) is 21.8 Å². The molecule has 0 heterocycles. The van der Waals surface area contributed by atoms with Gasteiger partial charge >= 0.3 is 0 Å². The van der Waals surface area contributed by atoms with Crippen molar-refractivity contribution in [1.82, 2.24) is 0 Å². The van der Waals surface area contributed by atoms with Gasteiger partial charge in [0.25, 0.3) is 0 Å². The van der Waals surface area contributed by atoms with Crippen LogP contribution in [0.4, 0.5) is 0 Å². The van der Waals surface area contributed by atoms with E-state index in [1.165, 1.54) is 0 Å². The van der Waals surface area contributed by atoms with Crippen molar-refractivity contribution >= 4 is 43.4 Å². The van der Waals surface area contributed by atoms with Crippen molar-refractivity contribution in [3.05, 3.63) is 106 Å². The number of benzene rings is 3. The van der Waals surface area contributed by atoms with Gasteiger partial charge in [-0.15, -0.1) is 0 Å². The van der Waals surface area contributed by atoms with E-state index < -0.39 is 0 Å². The Balaban J connectivity index is 1.86. The van der Waals surface area contributed by atoms with E-state index in [0.29, 0.717) is 22.3 Å². The zero-order valence-electron chi connectivity index (χ0n) is 13.9. The molecule has 0 saturated carbocycles. The standard InChI is InChI=1S/C22H16Br2O2/c23-13-15-4-8-17(9-5-15)21(25)19-2-1-3-20(12-19)22(26)18-10-6-16(14-24)7-11-18/h1-12H,13-14H2. The summed E-state index contributed by atoms with van der Waals surface area (Å²) in [5, 5.41) is 1.50. The molecule has 0 aromatic heterocycles. The van der Waals surface area contributed by atoms with Gasteiger partial charge < -0.3 is 0 Å². The van der Waals surface area contributed by atoms with Crippen molar-refractivity contribution in [1.29, 1.82) is 0 Å². The molecule has 0 radical (unpaired) electrons. The van der Waals surface area contributed by atoms with E-state index in [4.69, 9.17) is 0 Å². The van der Waals surface area contributed by atoms with Gasteiger partial charge in [-0.1, -0.05) is 98.6 Å².